The number of benzene rings is 1. The van der Waals surface area contributed by atoms with Crippen molar-refractivity contribution < 1.29 is 0 Å². The number of hydrogen-bond acceptors (Lipinski definition) is 1. The molecule has 2 rings (SSSR count). The van der Waals surface area contributed by atoms with Gasteiger partial charge in [0.05, 0.1) is 0 Å². The van der Waals surface area contributed by atoms with E-state index >= 15 is 0 Å². The van der Waals surface area contributed by atoms with Gasteiger partial charge in [-0.1, -0.05) is 43.7 Å². The zero-order valence-corrected chi connectivity index (χ0v) is 13.5. The molecule has 1 nitrogen and oxygen atoms in total. The maximum absolute atomic E-state index is 2.56. The minimum absolute atomic E-state index is 0.513. The van der Waals surface area contributed by atoms with Gasteiger partial charge in [0.2, 0.25) is 0 Å². The Bertz CT molecular complexity index is 522. The molecule has 0 bridgehead atoms. The van der Waals surface area contributed by atoms with Crippen LogP contribution in [0.3, 0.4) is 0 Å². The topological polar surface area (TPSA) is 3.24 Å². The van der Waals surface area contributed by atoms with Crippen LogP contribution in [0, 0.1) is 0 Å². The van der Waals surface area contributed by atoms with Crippen LogP contribution in [0.5, 0.6) is 0 Å². The SMILES string of the molecule is CCCC1=C(C)C(C)=C(C)N(Cc2ccccc2)C1C. The first-order valence-electron chi connectivity index (χ1n) is 7.74. The number of nitrogens with zero attached hydrogens (tertiary/aromatic N) is 1. The molecule has 0 aromatic heterocycles. The van der Waals surface area contributed by atoms with Gasteiger partial charge in [0.15, 0.2) is 0 Å². The van der Waals surface area contributed by atoms with Crippen LogP contribution in [-0.2, 0) is 6.54 Å². The minimum Gasteiger partial charge on any atom is -0.364 e. The van der Waals surface area contributed by atoms with Crippen LogP contribution in [0.25, 0.3) is 0 Å². The van der Waals surface area contributed by atoms with Gasteiger partial charge in [-0.3, -0.25) is 0 Å². The Morgan fingerprint density at radius 2 is 1.65 bits per heavy atom. The van der Waals surface area contributed by atoms with E-state index in [1.165, 1.54) is 35.2 Å². The summed E-state index contributed by atoms with van der Waals surface area (Å²) in [5, 5.41) is 0. The van der Waals surface area contributed by atoms with E-state index in [0.29, 0.717) is 6.04 Å². The van der Waals surface area contributed by atoms with Gasteiger partial charge in [-0.2, -0.15) is 0 Å². The van der Waals surface area contributed by atoms with Crippen molar-refractivity contribution in [2.24, 2.45) is 0 Å². The van der Waals surface area contributed by atoms with E-state index < -0.39 is 0 Å². The molecule has 0 fully saturated rings. The van der Waals surface area contributed by atoms with Crippen LogP contribution in [0.2, 0.25) is 0 Å². The standard InChI is InChI=1S/C19H27N/c1-6-10-19-15(3)14(2)16(4)20(17(19)5)13-18-11-8-7-9-12-18/h7-9,11-12,17H,6,10,13H2,1-5H3. The van der Waals surface area contributed by atoms with Crippen molar-refractivity contribution in [3.05, 3.63) is 58.3 Å². The van der Waals surface area contributed by atoms with Crippen LogP contribution in [-0.4, -0.2) is 10.9 Å². The van der Waals surface area contributed by atoms with Gasteiger partial charge in [0.25, 0.3) is 0 Å². The molecular weight excluding hydrogens is 242 g/mol. The van der Waals surface area contributed by atoms with Crippen molar-refractivity contribution in [1.82, 2.24) is 4.90 Å². The lowest BCUT2D eigenvalue weighted by Gasteiger charge is -2.40. The van der Waals surface area contributed by atoms with Gasteiger partial charge < -0.3 is 4.90 Å². The molecule has 1 heteroatoms. The fourth-order valence-electron chi connectivity index (χ4n) is 3.22. The van der Waals surface area contributed by atoms with Crippen molar-refractivity contribution in [1.29, 1.82) is 0 Å². The van der Waals surface area contributed by atoms with Crippen molar-refractivity contribution in [2.45, 2.75) is 60.0 Å². The molecule has 108 valence electrons. The van der Waals surface area contributed by atoms with E-state index in [1.54, 1.807) is 5.57 Å². The molecule has 0 saturated heterocycles. The molecule has 1 unspecified atom stereocenters. The average Bonchev–Trinajstić information content (AvgIpc) is 2.47. The molecule has 1 atom stereocenters. The van der Waals surface area contributed by atoms with Gasteiger partial charge >= 0.3 is 0 Å². The van der Waals surface area contributed by atoms with E-state index in [-0.39, 0.29) is 0 Å². The highest BCUT2D eigenvalue weighted by Crippen LogP contribution is 2.34. The van der Waals surface area contributed by atoms with Crippen LogP contribution >= 0.6 is 0 Å². The van der Waals surface area contributed by atoms with E-state index in [0.717, 1.165) is 6.54 Å². The first-order valence-corrected chi connectivity index (χ1v) is 7.74. The summed E-state index contributed by atoms with van der Waals surface area (Å²) >= 11 is 0. The molecule has 0 spiro atoms. The summed E-state index contributed by atoms with van der Waals surface area (Å²) in [6, 6.07) is 11.3. The van der Waals surface area contributed by atoms with Crippen LogP contribution in [0.1, 0.15) is 53.0 Å². The second-order valence-electron chi connectivity index (χ2n) is 5.90. The summed E-state index contributed by atoms with van der Waals surface area (Å²) in [6.45, 7) is 12.5. The van der Waals surface area contributed by atoms with Crippen molar-refractivity contribution in [3.63, 3.8) is 0 Å². The average molecular weight is 269 g/mol. The molecule has 0 N–H and O–H groups in total. The highest BCUT2D eigenvalue weighted by molar-refractivity contribution is 5.41. The van der Waals surface area contributed by atoms with Crippen molar-refractivity contribution in [2.75, 3.05) is 0 Å². The Hall–Kier alpha value is -1.50. The molecule has 0 aliphatic carbocycles. The summed E-state index contributed by atoms with van der Waals surface area (Å²) in [5.41, 5.74) is 7.41. The number of rotatable bonds is 4. The first kappa shape index (κ1) is 14.9. The van der Waals surface area contributed by atoms with Gasteiger partial charge in [-0.15, -0.1) is 0 Å². The third-order valence-electron chi connectivity index (χ3n) is 4.70. The third kappa shape index (κ3) is 2.82. The van der Waals surface area contributed by atoms with Crippen LogP contribution in [0.4, 0.5) is 0 Å². The zero-order chi connectivity index (χ0) is 14.7. The molecular formula is C19H27N. The van der Waals surface area contributed by atoms with E-state index in [2.05, 4.69) is 69.9 Å². The van der Waals surface area contributed by atoms with E-state index in [4.69, 9.17) is 0 Å². The zero-order valence-electron chi connectivity index (χ0n) is 13.5. The van der Waals surface area contributed by atoms with Crippen LogP contribution in [0.15, 0.2) is 52.7 Å². The van der Waals surface area contributed by atoms with Gasteiger partial charge in [0.1, 0.15) is 0 Å². The summed E-state index contributed by atoms with van der Waals surface area (Å²) in [7, 11) is 0. The maximum Gasteiger partial charge on any atom is 0.0480 e. The lowest BCUT2D eigenvalue weighted by molar-refractivity contribution is 0.274. The minimum atomic E-state index is 0.513. The largest absolute Gasteiger partial charge is 0.364 e. The highest BCUT2D eigenvalue weighted by Gasteiger charge is 2.26. The lowest BCUT2D eigenvalue weighted by atomic mass is 9.88. The molecule has 0 saturated carbocycles. The molecule has 1 aliphatic heterocycles. The molecule has 1 aromatic carbocycles. The molecule has 0 amide bonds. The Morgan fingerprint density at radius 1 is 1.00 bits per heavy atom. The fourth-order valence-corrected chi connectivity index (χ4v) is 3.22. The lowest BCUT2D eigenvalue weighted by Crippen LogP contribution is -2.36. The van der Waals surface area contributed by atoms with Crippen molar-refractivity contribution >= 4 is 0 Å². The summed E-state index contributed by atoms with van der Waals surface area (Å²) in [4.78, 5) is 2.56. The van der Waals surface area contributed by atoms with E-state index in [9.17, 15) is 0 Å². The predicted octanol–water partition coefficient (Wildman–Crippen LogP) is 5.30. The molecule has 20 heavy (non-hydrogen) atoms. The van der Waals surface area contributed by atoms with Crippen LogP contribution < -0.4 is 0 Å². The summed E-state index contributed by atoms with van der Waals surface area (Å²) < 4.78 is 0. The van der Waals surface area contributed by atoms with Gasteiger partial charge in [-0.25, -0.2) is 0 Å². The first-order chi connectivity index (χ1) is 9.56. The quantitative estimate of drug-likeness (QED) is 0.716. The Labute approximate surface area is 124 Å². The second kappa shape index (κ2) is 6.30. The third-order valence-corrected chi connectivity index (χ3v) is 4.70. The highest BCUT2D eigenvalue weighted by atomic mass is 15.2. The monoisotopic (exact) mass is 269 g/mol. The van der Waals surface area contributed by atoms with Gasteiger partial charge in [-0.05, 0) is 56.4 Å². The Kier molecular flexibility index (Phi) is 4.69. The number of allylic oxidation sites excluding steroid dienone is 3. The summed E-state index contributed by atoms with van der Waals surface area (Å²) in [5.74, 6) is 0. The number of hydrogen-bond donors (Lipinski definition) is 0. The molecule has 1 aromatic rings. The fraction of sp³-hybridized carbons (Fsp3) is 0.474. The molecule has 1 heterocycles. The Balaban J connectivity index is 2.31. The Morgan fingerprint density at radius 3 is 2.25 bits per heavy atom. The molecule has 0 radical (unpaired) electrons. The molecule has 1 aliphatic rings. The predicted molar refractivity (Wildman–Crippen MR) is 87.4 cm³/mol. The second-order valence-corrected chi connectivity index (χ2v) is 5.90. The maximum atomic E-state index is 2.56. The summed E-state index contributed by atoms with van der Waals surface area (Å²) in [6.07, 6.45) is 2.44. The van der Waals surface area contributed by atoms with Crippen molar-refractivity contribution in [3.8, 4) is 0 Å². The normalized spacial score (nSPS) is 19.9. The van der Waals surface area contributed by atoms with E-state index in [1.807, 2.05) is 0 Å². The smallest absolute Gasteiger partial charge is 0.0480 e. The van der Waals surface area contributed by atoms with Gasteiger partial charge in [0, 0.05) is 18.3 Å².